The van der Waals surface area contributed by atoms with E-state index in [9.17, 15) is 23.1 Å². The SMILES string of the molecule is CC(=O)c1ccc(S(=O)(=O)NC2(C(=O)O)CC2c2ccccc2)cc1. The van der Waals surface area contributed by atoms with E-state index in [1.807, 2.05) is 6.07 Å². The monoisotopic (exact) mass is 359 g/mol. The molecule has 0 aliphatic heterocycles. The number of sulfonamides is 1. The van der Waals surface area contributed by atoms with E-state index in [1.165, 1.54) is 31.2 Å². The molecule has 2 atom stereocenters. The van der Waals surface area contributed by atoms with Crippen LogP contribution in [0.5, 0.6) is 0 Å². The van der Waals surface area contributed by atoms with Crippen molar-refractivity contribution in [1.82, 2.24) is 4.72 Å². The van der Waals surface area contributed by atoms with E-state index < -0.39 is 27.4 Å². The van der Waals surface area contributed by atoms with Gasteiger partial charge in [-0.3, -0.25) is 9.59 Å². The maximum absolute atomic E-state index is 12.6. The van der Waals surface area contributed by atoms with Gasteiger partial charge in [0.1, 0.15) is 5.54 Å². The Morgan fingerprint density at radius 2 is 1.68 bits per heavy atom. The molecule has 6 nitrogen and oxygen atoms in total. The fourth-order valence-corrected chi connectivity index (χ4v) is 4.32. The number of rotatable bonds is 6. The molecule has 0 heterocycles. The summed E-state index contributed by atoms with van der Waals surface area (Å²) >= 11 is 0. The van der Waals surface area contributed by atoms with E-state index in [0.29, 0.717) is 5.56 Å². The van der Waals surface area contributed by atoms with Gasteiger partial charge in [0, 0.05) is 11.5 Å². The number of hydrogen-bond acceptors (Lipinski definition) is 4. The summed E-state index contributed by atoms with van der Waals surface area (Å²) in [7, 11) is -4.03. The minimum Gasteiger partial charge on any atom is -0.480 e. The highest BCUT2D eigenvalue weighted by atomic mass is 32.2. The fourth-order valence-electron chi connectivity index (χ4n) is 2.91. The Bertz CT molecular complexity index is 922. The van der Waals surface area contributed by atoms with Crippen molar-refractivity contribution in [1.29, 1.82) is 0 Å². The zero-order chi connectivity index (χ0) is 18.2. The molecule has 0 bridgehead atoms. The molecule has 2 N–H and O–H groups in total. The van der Waals surface area contributed by atoms with Crippen LogP contribution < -0.4 is 4.72 Å². The molecule has 0 saturated heterocycles. The van der Waals surface area contributed by atoms with Crippen LogP contribution in [0.1, 0.15) is 35.2 Å². The number of carboxylic acids is 1. The number of hydrogen-bond donors (Lipinski definition) is 2. The molecule has 7 heteroatoms. The Labute approximate surface area is 145 Å². The van der Waals surface area contributed by atoms with E-state index in [-0.39, 0.29) is 17.1 Å². The molecule has 2 aromatic carbocycles. The maximum atomic E-state index is 12.6. The van der Waals surface area contributed by atoms with Gasteiger partial charge in [0.05, 0.1) is 4.90 Å². The second-order valence-corrected chi connectivity index (χ2v) is 7.81. The summed E-state index contributed by atoms with van der Waals surface area (Å²) in [5, 5.41) is 9.59. The average Bonchev–Trinajstić information content (AvgIpc) is 3.30. The normalized spacial score (nSPS) is 22.4. The van der Waals surface area contributed by atoms with Crippen LogP contribution in [-0.2, 0) is 14.8 Å². The predicted octanol–water partition coefficient (Wildman–Crippen LogP) is 2.18. The Hall–Kier alpha value is -2.51. The zero-order valence-electron chi connectivity index (χ0n) is 13.5. The summed E-state index contributed by atoms with van der Waals surface area (Å²) in [4.78, 5) is 23.0. The van der Waals surface area contributed by atoms with E-state index in [0.717, 1.165) is 5.56 Å². The smallest absolute Gasteiger partial charge is 0.325 e. The van der Waals surface area contributed by atoms with Crippen molar-refractivity contribution in [2.75, 3.05) is 0 Å². The van der Waals surface area contributed by atoms with Crippen LogP contribution in [0.3, 0.4) is 0 Å². The quantitative estimate of drug-likeness (QED) is 0.770. The first-order valence-corrected chi connectivity index (χ1v) is 9.18. The van der Waals surface area contributed by atoms with Gasteiger partial charge in [-0.15, -0.1) is 0 Å². The molecular formula is C18H17NO5S. The van der Waals surface area contributed by atoms with Gasteiger partial charge >= 0.3 is 5.97 Å². The van der Waals surface area contributed by atoms with E-state index >= 15 is 0 Å². The van der Waals surface area contributed by atoms with E-state index in [4.69, 9.17) is 0 Å². The highest BCUT2D eigenvalue weighted by Crippen LogP contribution is 2.52. The molecule has 0 amide bonds. The van der Waals surface area contributed by atoms with Crippen molar-refractivity contribution >= 4 is 21.8 Å². The Balaban J connectivity index is 1.88. The molecule has 1 fully saturated rings. The summed E-state index contributed by atoms with van der Waals surface area (Å²) in [6.07, 6.45) is 0.192. The van der Waals surface area contributed by atoms with Gasteiger partial charge < -0.3 is 5.11 Å². The van der Waals surface area contributed by atoms with Gasteiger partial charge in [0.2, 0.25) is 10.0 Å². The van der Waals surface area contributed by atoms with Crippen molar-refractivity contribution in [2.45, 2.75) is 29.7 Å². The van der Waals surface area contributed by atoms with Gasteiger partial charge in [0.15, 0.2) is 5.78 Å². The largest absolute Gasteiger partial charge is 0.480 e. The van der Waals surface area contributed by atoms with Gasteiger partial charge in [-0.2, -0.15) is 4.72 Å². The van der Waals surface area contributed by atoms with E-state index in [1.54, 1.807) is 24.3 Å². The second kappa shape index (κ2) is 6.09. The summed E-state index contributed by atoms with van der Waals surface area (Å²) < 4.78 is 27.5. The highest BCUT2D eigenvalue weighted by molar-refractivity contribution is 7.89. The molecule has 0 aromatic heterocycles. The van der Waals surface area contributed by atoms with Crippen molar-refractivity contribution in [3.8, 4) is 0 Å². The topological polar surface area (TPSA) is 101 Å². The number of carbonyl (C=O) groups is 2. The van der Waals surface area contributed by atoms with Crippen LogP contribution >= 0.6 is 0 Å². The van der Waals surface area contributed by atoms with Crippen LogP contribution in [0.25, 0.3) is 0 Å². The molecule has 0 radical (unpaired) electrons. The average molecular weight is 359 g/mol. The summed E-state index contributed by atoms with van der Waals surface area (Å²) in [6.45, 7) is 1.38. The van der Waals surface area contributed by atoms with Gasteiger partial charge in [0.25, 0.3) is 0 Å². The molecule has 1 aliphatic carbocycles. The Morgan fingerprint density at radius 3 is 2.20 bits per heavy atom. The van der Waals surface area contributed by atoms with Crippen molar-refractivity contribution in [3.05, 3.63) is 65.7 Å². The molecule has 2 aromatic rings. The minimum absolute atomic E-state index is 0.0724. The predicted molar refractivity (Wildman–Crippen MR) is 90.9 cm³/mol. The highest BCUT2D eigenvalue weighted by Gasteiger charge is 2.63. The minimum atomic E-state index is -4.03. The lowest BCUT2D eigenvalue weighted by Crippen LogP contribution is -2.44. The Kier molecular flexibility index (Phi) is 4.22. The number of carbonyl (C=O) groups excluding carboxylic acids is 1. The van der Waals surface area contributed by atoms with Gasteiger partial charge in [-0.1, -0.05) is 42.5 Å². The van der Waals surface area contributed by atoms with Crippen LogP contribution in [0.4, 0.5) is 0 Å². The molecular weight excluding hydrogens is 342 g/mol. The lowest BCUT2D eigenvalue weighted by atomic mass is 10.1. The molecule has 1 aliphatic rings. The molecule has 25 heavy (non-hydrogen) atoms. The lowest BCUT2D eigenvalue weighted by molar-refractivity contribution is -0.140. The van der Waals surface area contributed by atoms with Crippen LogP contribution in [0.2, 0.25) is 0 Å². The third-order valence-electron chi connectivity index (χ3n) is 4.43. The summed E-state index contributed by atoms with van der Waals surface area (Å²) in [5.41, 5.74) is -0.376. The molecule has 130 valence electrons. The number of benzene rings is 2. The lowest BCUT2D eigenvalue weighted by Gasteiger charge is -2.15. The first-order chi connectivity index (χ1) is 11.8. The number of Topliss-reactive ketones (excluding diaryl/α,β-unsaturated/α-hetero) is 1. The number of nitrogens with one attached hydrogen (secondary N) is 1. The van der Waals surface area contributed by atoms with E-state index in [2.05, 4.69) is 4.72 Å². The fraction of sp³-hybridized carbons (Fsp3) is 0.222. The third-order valence-corrected chi connectivity index (χ3v) is 5.96. The summed E-state index contributed by atoms with van der Waals surface area (Å²) in [6, 6.07) is 14.4. The van der Waals surface area contributed by atoms with Crippen molar-refractivity contribution < 1.29 is 23.1 Å². The maximum Gasteiger partial charge on any atom is 0.325 e. The molecule has 2 unspecified atom stereocenters. The summed E-state index contributed by atoms with van der Waals surface area (Å²) in [5.74, 6) is -1.80. The van der Waals surface area contributed by atoms with Crippen LogP contribution in [-0.4, -0.2) is 30.8 Å². The standard InChI is InChI=1S/C18H17NO5S/c1-12(20)13-7-9-15(10-8-13)25(23,24)19-18(17(21)22)11-16(18)14-5-3-2-4-6-14/h2-10,16,19H,11H2,1H3,(H,21,22). The number of ketones is 1. The zero-order valence-corrected chi connectivity index (χ0v) is 14.3. The van der Waals surface area contributed by atoms with Crippen molar-refractivity contribution in [2.24, 2.45) is 0 Å². The van der Waals surface area contributed by atoms with Crippen LogP contribution in [0, 0.1) is 0 Å². The van der Waals surface area contributed by atoms with Crippen molar-refractivity contribution in [3.63, 3.8) is 0 Å². The molecule has 0 spiro atoms. The second-order valence-electron chi connectivity index (χ2n) is 6.13. The van der Waals surface area contributed by atoms with Gasteiger partial charge in [-0.05, 0) is 31.0 Å². The number of carboxylic acid groups (broad SMARTS) is 1. The molecule has 1 saturated carbocycles. The molecule has 3 rings (SSSR count). The van der Waals surface area contributed by atoms with Crippen LogP contribution in [0.15, 0.2) is 59.5 Å². The number of aliphatic carboxylic acids is 1. The first kappa shape index (κ1) is 17.3. The van der Waals surface area contributed by atoms with Gasteiger partial charge in [-0.25, -0.2) is 8.42 Å². The first-order valence-electron chi connectivity index (χ1n) is 7.69. The third kappa shape index (κ3) is 3.20. The Morgan fingerprint density at radius 1 is 1.08 bits per heavy atom.